The van der Waals surface area contributed by atoms with Gasteiger partial charge in [-0.05, 0) is 136 Å². The van der Waals surface area contributed by atoms with Gasteiger partial charge in [0.15, 0.2) is 30.4 Å². The van der Waals surface area contributed by atoms with Crippen LogP contribution < -0.4 is 117 Å². The number of ether oxygens (including phenoxy) is 4. The van der Waals surface area contributed by atoms with E-state index >= 15 is 0 Å². The highest BCUT2D eigenvalue weighted by atomic mass is 16.5. The zero-order valence-electron chi connectivity index (χ0n) is 58.2. The van der Waals surface area contributed by atoms with E-state index in [9.17, 15) is 53.1 Å². The van der Waals surface area contributed by atoms with E-state index < -0.39 is 107 Å². The van der Waals surface area contributed by atoms with Crippen molar-refractivity contribution in [2.24, 2.45) is 34.4 Å². The number of nitrogens with two attached hydrogens (primary N) is 6. The van der Waals surface area contributed by atoms with Gasteiger partial charge >= 0.3 is 5.97 Å². The third-order valence-corrected chi connectivity index (χ3v) is 15.9. The van der Waals surface area contributed by atoms with Crippen LogP contribution in [0.4, 0.5) is 22.7 Å². The predicted octanol–water partition coefficient (Wildman–Crippen LogP) is 0.0137. The van der Waals surface area contributed by atoms with Gasteiger partial charge in [-0.15, -0.1) is 0 Å². The van der Waals surface area contributed by atoms with Crippen molar-refractivity contribution in [2.45, 2.75) is 88.0 Å². The first kappa shape index (κ1) is 81.5. The van der Waals surface area contributed by atoms with Crippen LogP contribution in [0.3, 0.4) is 0 Å². The van der Waals surface area contributed by atoms with Crippen molar-refractivity contribution < 1.29 is 72.0 Å². The molecule has 0 aliphatic carbocycles. The number of anilines is 4. The van der Waals surface area contributed by atoms with Crippen LogP contribution in [0.25, 0.3) is 10.9 Å². The van der Waals surface area contributed by atoms with Crippen molar-refractivity contribution in [3.8, 4) is 23.0 Å². The van der Waals surface area contributed by atoms with E-state index in [1.165, 1.54) is 88.1 Å². The molecule has 38 nitrogen and oxygen atoms in total. The minimum Gasteiger partial charge on any atom is -0.496 e. The Morgan fingerprint density at radius 2 is 0.774 bits per heavy atom. The predicted molar refractivity (Wildman–Crippen MR) is 394 cm³/mol. The topological polar surface area (TPSA) is 640 Å². The summed E-state index contributed by atoms with van der Waals surface area (Å²) < 4.78 is 22.0. The summed E-state index contributed by atoms with van der Waals surface area (Å²) in [5.74, 6) is -10.5. The number of guanidine groups is 4. The van der Waals surface area contributed by atoms with Crippen molar-refractivity contribution >= 4 is 117 Å². The second kappa shape index (κ2) is 40.3. The van der Waals surface area contributed by atoms with Crippen LogP contribution in [-0.4, -0.2) is 177 Å². The lowest BCUT2D eigenvalue weighted by Crippen LogP contribution is -2.46. The summed E-state index contributed by atoms with van der Waals surface area (Å²) in [5, 5.41) is 72.5. The fourth-order valence-electron chi connectivity index (χ4n) is 10.6. The lowest BCUT2D eigenvalue weighted by atomic mass is 10.0. The van der Waals surface area contributed by atoms with E-state index in [2.05, 4.69) is 68.8 Å². The van der Waals surface area contributed by atoms with Gasteiger partial charge in [0.2, 0.25) is 29.5 Å². The summed E-state index contributed by atoms with van der Waals surface area (Å²) in [6, 6.07) is 16.8. The molecule has 0 radical (unpaired) electrons. The Morgan fingerprint density at radius 3 is 1.12 bits per heavy atom. The van der Waals surface area contributed by atoms with Gasteiger partial charge in [-0.3, -0.25) is 64.8 Å². The Kier molecular flexibility index (Phi) is 31.0. The van der Waals surface area contributed by atoms with E-state index in [0.717, 1.165) is 17.0 Å². The summed E-state index contributed by atoms with van der Waals surface area (Å²) in [7, 11) is 3.87. The standard InChI is InChI=1S/C68H89N23O15/c1-103-51-20-16-36(84-61(99)45(69)11-6-24-79-65(71)72)29-41(51)57(95)88-48(14-8-26-81-67(75)76)63(101)87-39-19-23-54(106-34-55(92)93)44(32-39)60(98)90-49(15-9-27-82-68(77)78)64(102)85-37-17-21-52(104-2)42(30-37)58(96)89-47(13-7-25-80-66(73)74)62(100)86-38-18-22-53(105-3)43(31-38)59(97)91-50(56(70)94)28-35-33-83-46-12-5-4-10-40(35)46/h4-5,10,12,16-23,29-33,45,47-50,83H,6-9,11,13-15,24-28,34,69H2,1-3H3,(H2,70,94)(H,84,99)(H,85,102)(H,86,100)(H,87,101)(H,88,95)(H,89,96)(H,90,98)(H,91,97)(H,92,93)(H4,71,72,79)(H4,73,74,80)(H4,75,76,81)(H4,77,78,82)/t45-,47-,48-,49-,50-/m0/s1. The molecule has 0 bridgehead atoms. The number of fused-ring (bicyclic) bond motifs is 1. The molecular formula is C68H89N23O15. The first-order chi connectivity index (χ1) is 50.6. The van der Waals surface area contributed by atoms with Gasteiger partial charge in [-0.25, -0.2) is 4.79 Å². The van der Waals surface area contributed by atoms with Gasteiger partial charge in [0.25, 0.3) is 23.6 Å². The van der Waals surface area contributed by atoms with Crippen molar-refractivity contribution in [1.82, 2.24) is 47.5 Å². The third-order valence-electron chi connectivity index (χ3n) is 15.9. The number of methoxy groups -OCH3 is 3. The van der Waals surface area contributed by atoms with E-state index in [1.54, 1.807) is 6.20 Å². The summed E-state index contributed by atoms with van der Waals surface area (Å²) in [5.41, 5.74) is 34.6. The van der Waals surface area contributed by atoms with Crippen molar-refractivity contribution in [3.63, 3.8) is 0 Å². The molecule has 6 rings (SSSR count). The number of para-hydroxylation sites is 1. The average Bonchev–Trinajstić information content (AvgIpc) is 1.17. The minimum atomic E-state index is -1.48. The monoisotopic (exact) mass is 1470 g/mol. The van der Waals surface area contributed by atoms with Crippen molar-refractivity contribution in [2.75, 3.05) is 75.4 Å². The molecule has 5 aromatic carbocycles. The van der Waals surface area contributed by atoms with Crippen LogP contribution in [0.2, 0.25) is 0 Å². The molecular weight excluding hydrogens is 1380 g/mol. The molecule has 9 amide bonds. The smallest absolute Gasteiger partial charge is 0.341 e. The SMILES string of the molecule is COc1ccc(NC(=O)[C@H](CCCNC(=N)N)NC(=O)c2cc(NC(=O)[C@H](CCCNC(=N)N)NC(=O)c3cc(NC(=O)[C@H](CCCNC(=N)N)NC(=O)c4cc(NC(=O)[C@@H](N)CCCNC(=N)N)ccc4OC)ccc3OCC(=O)O)ccc2OC)cc1C(=O)N[C@@H](Cc1c[nH]c2ccccc12)C(N)=O. The number of rotatable bonds is 41. The maximum atomic E-state index is 14.6. The second-order valence-electron chi connectivity index (χ2n) is 23.7. The van der Waals surface area contributed by atoms with Gasteiger partial charge in [0.05, 0.1) is 49.6 Å². The molecule has 566 valence electrons. The fraction of sp³-hybridized carbons (Fsp3) is 0.324. The number of carbonyl (C=O) groups is 10. The number of aliphatic carboxylic acids is 1. The van der Waals surface area contributed by atoms with Crippen molar-refractivity contribution in [1.29, 1.82) is 21.6 Å². The number of aromatic amines is 1. The lowest BCUT2D eigenvalue weighted by molar-refractivity contribution is -0.139. The minimum absolute atomic E-state index is 0.0274. The molecule has 0 aliphatic heterocycles. The van der Waals surface area contributed by atoms with E-state index in [1.807, 2.05) is 24.3 Å². The molecule has 5 atom stereocenters. The second-order valence-corrected chi connectivity index (χ2v) is 23.7. The molecule has 1 heterocycles. The first-order valence-electron chi connectivity index (χ1n) is 33.0. The van der Waals surface area contributed by atoms with Gasteiger partial charge < -0.3 is 127 Å². The van der Waals surface area contributed by atoms with Crippen LogP contribution in [0, 0.1) is 21.6 Å². The number of primary amides is 1. The third kappa shape index (κ3) is 25.3. The number of hydrogen-bond acceptors (Lipinski definition) is 19. The van der Waals surface area contributed by atoms with Gasteiger partial charge in [-0.2, -0.15) is 0 Å². The molecule has 106 heavy (non-hydrogen) atoms. The molecule has 0 fully saturated rings. The van der Waals surface area contributed by atoms with Crippen LogP contribution in [-0.2, 0) is 35.2 Å². The number of amides is 9. The number of aromatic nitrogens is 1. The molecule has 38 heteroatoms. The summed E-state index contributed by atoms with van der Waals surface area (Å²) in [4.78, 5) is 141. The van der Waals surface area contributed by atoms with Crippen LogP contribution in [0.15, 0.2) is 103 Å². The van der Waals surface area contributed by atoms with Gasteiger partial charge in [0.1, 0.15) is 47.2 Å². The number of hydrogen-bond donors (Lipinski definition) is 24. The molecule has 0 saturated heterocycles. The molecule has 0 saturated carbocycles. The molecule has 30 N–H and O–H groups in total. The number of carbonyl (C=O) groups excluding carboxylic acids is 9. The summed E-state index contributed by atoms with van der Waals surface area (Å²) >= 11 is 0. The molecule has 6 aromatic rings. The Hall–Kier alpha value is -13.4. The Labute approximate surface area is 607 Å². The van der Waals surface area contributed by atoms with Gasteiger partial charge in [-0.1, -0.05) is 18.2 Å². The van der Waals surface area contributed by atoms with E-state index in [0.29, 0.717) is 18.5 Å². The molecule has 0 spiro atoms. The number of benzene rings is 5. The Bertz CT molecular complexity index is 4230. The van der Waals surface area contributed by atoms with Gasteiger partial charge in [0, 0.05) is 72.4 Å². The number of H-pyrrole nitrogens is 1. The fourth-order valence-corrected chi connectivity index (χ4v) is 10.6. The zero-order valence-corrected chi connectivity index (χ0v) is 58.2. The highest BCUT2D eigenvalue weighted by Gasteiger charge is 2.31. The largest absolute Gasteiger partial charge is 0.496 e. The van der Waals surface area contributed by atoms with Crippen LogP contribution in [0.1, 0.15) is 98.4 Å². The highest BCUT2D eigenvalue weighted by Crippen LogP contribution is 2.29. The molecule has 1 aromatic heterocycles. The van der Waals surface area contributed by atoms with E-state index in [4.69, 9.17) is 75.0 Å². The Balaban J connectivity index is 1.23. The maximum absolute atomic E-state index is 14.6. The summed E-state index contributed by atoms with van der Waals surface area (Å²) in [6.07, 6.45) is 2.46. The lowest BCUT2D eigenvalue weighted by Gasteiger charge is -2.22. The zero-order chi connectivity index (χ0) is 77.6. The highest BCUT2D eigenvalue weighted by molar-refractivity contribution is 6.08. The quantitative estimate of drug-likeness (QED) is 0.0137. The number of carboxylic acids is 1. The normalized spacial score (nSPS) is 12.1. The molecule has 0 unspecified atom stereocenters. The first-order valence-corrected chi connectivity index (χ1v) is 33.0. The molecule has 0 aliphatic rings. The number of carboxylic acid groups (broad SMARTS) is 1. The van der Waals surface area contributed by atoms with Crippen LogP contribution in [0.5, 0.6) is 23.0 Å². The Morgan fingerprint density at radius 1 is 0.443 bits per heavy atom. The summed E-state index contributed by atoms with van der Waals surface area (Å²) in [6.45, 7) is -0.442. The maximum Gasteiger partial charge on any atom is 0.341 e. The van der Waals surface area contributed by atoms with E-state index in [-0.39, 0.29) is 151 Å². The van der Waals surface area contributed by atoms with Crippen molar-refractivity contribution in [3.05, 3.63) is 131 Å². The average molecular weight is 1470 g/mol. The van der Waals surface area contributed by atoms with Crippen LogP contribution >= 0.6 is 0 Å². The number of nitrogens with one attached hydrogen (secondary N) is 17.